The molecule has 1 heterocycles. The van der Waals surface area contributed by atoms with E-state index in [1.807, 2.05) is 18.2 Å². The number of rotatable bonds is 7. The summed E-state index contributed by atoms with van der Waals surface area (Å²) in [7, 11) is 2.10. The minimum atomic E-state index is -0.449. The Hall–Kier alpha value is -1.26. The molecule has 1 aliphatic heterocycles. The Balaban J connectivity index is 1.87. The zero-order chi connectivity index (χ0) is 14.4. The predicted molar refractivity (Wildman–Crippen MR) is 79.4 cm³/mol. The fraction of sp³-hybridized carbons (Fsp3) is 0.625. The molecule has 0 amide bonds. The highest BCUT2D eigenvalue weighted by atomic mass is 16.6. The molecule has 0 fully saturated rings. The number of fused-ring (bicyclic) bond motifs is 1. The second-order valence-corrected chi connectivity index (χ2v) is 5.36. The zero-order valence-electron chi connectivity index (χ0n) is 12.5. The third-order valence-electron chi connectivity index (χ3n) is 3.63. The van der Waals surface area contributed by atoms with Crippen LogP contribution in [0.4, 0.5) is 0 Å². The second-order valence-electron chi connectivity index (χ2n) is 5.36. The molecule has 0 saturated heterocycles. The van der Waals surface area contributed by atoms with E-state index in [0.717, 1.165) is 36.6 Å². The van der Waals surface area contributed by atoms with Crippen LogP contribution in [0.3, 0.4) is 0 Å². The molecule has 1 unspecified atom stereocenters. The van der Waals surface area contributed by atoms with Gasteiger partial charge in [-0.25, -0.2) is 0 Å². The molecule has 0 aromatic heterocycles. The summed E-state index contributed by atoms with van der Waals surface area (Å²) in [6.45, 7) is 5.35. The van der Waals surface area contributed by atoms with Crippen LogP contribution >= 0.6 is 0 Å². The van der Waals surface area contributed by atoms with Gasteiger partial charge in [-0.05, 0) is 44.1 Å². The topological polar surface area (TPSA) is 41.9 Å². The number of hydrogen-bond donors (Lipinski definition) is 1. The third-order valence-corrected chi connectivity index (χ3v) is 3.63. The molecule has 4 nitrogen and oxygen atoms in total. The van der Waals surface area contributed by atoms with Crippen LogP contribution < -0.4 is 9.47 Å². The standard InChI is InChI=1S/C16H25NO3/c1-3-4-8-17(2)9-7-14(18)13-5-6-15-16(12-13)20-11-10-19-15/h5-6,12,14,18H,3-4,7-11H2,1-2H3. The van der Waals surface area contributed by atoms with E-state index in [9.17, 15) is 5.11 Å². The molecule has 0 aliphatic carbocycles. The minimum Gasteiger partial charge on any atom is -0.486 e. The number of aliphatic hydroxyl groups is 1. The van der Waals surface area contributed by atoms with Gasteiger partial charge in [0.2, 0.25) is 0 Å². The van der Waals surface area contributed by atoms with Crippen molar-refractivity contribution < 1.29 is 14.6 Å². The summed E-state index contributed by atoms with van der Waals surface area (Å²) in [4.78, 5) is 2.27. The maximum atomic E-state index is 10.3. The second kappa shape index (κ2) is 7.50. The molecule has 4 heteroatoms. The van der Waals surface area contributed by atoms with Crippen LogP contribution in [0, 0.1) is 0 Å². The van der Waals surface area contributed by atoms with Crippen molar-refractivity contribution >= 4 is 0 Å². The van der Waals surface area contributed by atoms with Crippen molar-refractivity contribution in [1.82, 2.24) is 4.90 Å². The van der Waals surface area contributed by atoms with Crippen molar-refractivity contribution in [3.05, 3.63) is 23.8 Å². The van der Waals surface area contributed by atoms with Crippen LogP contribution in [0.2, 0.25) is 0 Å². The van der Waals surface area contributed by atoms with Crippen molar-refractivity contribution in [2.75, 3.05) is 33.4 Å². The van der Waals surface area contributed by atoms with E-state index in [2.05, 4.69) is 18.9 Å². The predicted octanol–water partition coefficient (Wildman–Crippen LogP) is 2.61. The van der Waals surface area contributed by atoms with Gasteiger partial charge in [0.15, 0.2) is 11.5 Å². The Morgan fingerprint density at radius 3 is 2.70 bits per heavy atom. The highest BCUT2D eigenvalue weighted by molar-refractivity contribution is 5.44. The van der Waals surface area contributed by atoms with E-state index in [4.69, 9.17) is 9.47 Å². The van der Waals surface area contributed by atoms with Gasteiger partial charge in [0, 0.05) is 6.54 Å². The highest BCUT2D eigenvalue weighted by Gasteiger charge is 2.15. The van der Waals surface area contributed by atoms with Crippen LogP contribution in [0.25, 0.3) is 0 Å². The molecule has 0 spiro atoms. The quantitative estimate of drug-likeness (QED) is 0.833. The third kappa shape index (κ3) is 4.12. The van der Waals surface area contributed by atoms with Crippen LogP contribution in [-0.2, 0) is 0 Å². The van der Waals surface area contributed by atoms with Crippen molar-refractivity contribution in [2.45, 2.75) is 32.3 Å². The minimum absolute atomic E-state index is 0.449. The first-order valence-corrected chi connectivity index (χ1v) is 7.47. The van der Waals surface area contributed by atoms with Crippen LogP contribution in [0.1, 0.15) is 37.9 Å². The molecular formula is C16H25NO3. The normalized spacial score (nSPS) is 15.4. The first-order valence-electron chi connectivity index (χ1n) is 7.47. The maximum Gasteiger partial charge on any atom is 0.161 e. The van der Waals surface area contributed by atoms with Crippen molar-refractivity contribution in [3.8, 4) is 11.5 Å². The number of hydrogen-bond acceptors (Lipinski definition) is 4. The summed E-state index contributed by atoms with van der Waals surface area (Å²) in [5.41, 5.74) is 0.901. The van der Waals surface area contributed by atoms with Crippen molar-refractivity contribution in [3.63, 3.8) is 0 Å². The Kier molecular flexibility index (Phi) is 5.68. The van der Waals surface area contributed by atoms with E-state index in [-0.39, 0.29) is 0 Å². The SMILES string of the molecule is CCCCN(C)CCC(O)c1ccc2c(c1)OCCO2. The molecule has 0 saturated carbocycles. The number of unbranched alkanes of at least 4 members (excludes halogenated alkanes) is 1. The van der Waals surface area contributed by atoms with Gasteiger partial charge in [-0.1, -0.05) is 19.4 Å². The Morgan fingerprint density at radius 2 is 1.95 bits per heavy atom. The molecular weight excluding hydrogens is 254 g/mol. The molecule has 1 N–H and O–H groups in total. The summed E-state index contributed by atoms with van der Waals surface area (Å²) in [5.74, 6) is 1.51. The van der Waals surface area contributed by atoms with Gasteiger partial charge in [-0.2, -0.15) is 0 Å². The van der Waals surface area contributed by atoms with Gasteiger partial charge in [0.05, 0.1) is 6.10 Å². The largest absolute Gasteiger partial charge is 0.486 e. The summed E-state index contributed by atoms with van der Waals surface area (Å²) < 4.78 is 11.0. The monoisotopic (exact) mass is 279 g/mol. The van der Waals surface area contributed by atoms with E-state index < -0.39 is 6.10 Å². The summed E-state index contributed by atoms with van der Waals surface area (Å²) in [6, 6.07) is 5.70. The lowest BCUT2D eigenvalue weighted by atomic mass is 10.1. The smallest absolute Gasteiger partial charge is 0.161 e. The van der Waals surface area contributed by atoms with Crippen molar-refractivity contribution in [2.24, 2.45) is 0 Å². The summed E-state index contributed by atoms with van der Waals surface area (Å²) in [5, 5.41) is 10.3. The van der Waals surface area contributed by atoms with Gasteiger partial charge in [-0.3, -0.25) is 0 Å². The molecule has 1 aliphatic rings. The molecule has 1 atom stereocenters. The van der Waals surface area contributed by atoms with Crippen LogP contribution in [0.15, 0.2) is 18.2 Å². The summed E-state index contributed by atoms with van der Waals surface area (Å²) >= 11 is 0. The number of aliphatic hydroxyl groups excluding tert-OH is 1. The molecule has 2 rings (SSSR count). The molecule has 20 heavy (non-hydrogen) atoms. The number of ether oxygens (including phenoxy) is 2. The van der Waals surface area contributed by atoms with E-state index in [1.165, 1.54) is 12.8 Å². The van der Waals surface area contributed by atoms with Crippen molar-refractivity contribution in [1.29, 1.82) is 0 Å². The number of nitrogens with zero attached hydrogens (tertiary/aromatic N) is 1. The van der Waals surface area contributed by atoms with Crippen LogP contribution in [-0.4, -0.2) is 43.4 Å². The molecule has 1 aromatic carbocycles. The Morgan fingerprint density at radius 1 is 1.20 bits per heavy atom. The highest BCUT2D eigenvalue weighted by Crippen LogP contribution is 2.33. The molecule has 0 radical (unpaired) electrons. The van der Waals surface area contributed by atoms with E-state index in [1.54, 1.807) is 0 Å². The van der Waals surface area contributed by atoms with Crippen LogP contribution in [0.5, 0.6) is 11.5 Å². The van der Waals surface area contributed by atoms with Gasteiger partial charge in [0.1, 0.15) is 13.2 Å². The van der Waals surface area contributed by atoms with E-state index >= 15 is 0 Å². The molecule has 0 bridgehead atoms. The Bertz CT molecular complexity index is 422. The van der Waals surface area contributed by atoms with Gasteiger partial charge in [0.25, 0.3) is 0 Å². The average molecular weight is 279 g/mol. The lowest BCUT2D eigenvalue weighted by molar-refractivity contribution is 0.145. The first kappa shape index (κ1) is 15.1. The maximum absolute atomic E-state index is 10.3. The summed E-state index contributed by atoms with van der Waals surface area (Å²) in [6.07, 6.45) is 2.70. The number of benzene rings is 1. The zero-order valence-corrected chi connectivity index (χ0v) is 12.5. The van der Waals surface area contributed by atoms with Gasteiger partial charge >= 0.3 is 0 Å². The lowest BCUT2D eigenvalue weighted by Crippen LogP contribution is -2.22. The first-order chi connectivity index (χ1) is 9.70. The molecule has 112 valence electrons. The fourth-order valence-electron chi connectivity index (χ4n) is 2.32. The van der Waals surface area contributed by atoms with E-state index in [0.29, 0.717) is 13.2 Å². The van der Waals surface area contributed by atoms with Gasteiger partial charge in [-0.15, -0.1) is 0 Å². The Labute approximate surface area is 121 Å². The van der Waals surface area contributed by atoms with Gasteiger partial charge < -0.3 is 19.5 Å². The fourth-order valence-corrected chi connectivity index (χ4v) is 2.32. The molecule has 1 aromatic rings. The lowest BCUT2D eigenvalue weighted by Gasteiger charge is -2.21. The average Bonchev–Trinajstić information content (AvgIpc) is 2.50.